The first-order valence-corrected chi connectivity index (χ1v) is 5.28. The van der Waals surface area contributed by atoms with Gasteiger partial charge >= 0.3 is 0 Å². The fraction of sp³-hybridized carbons (Fsp3) is 0.417. The summed E-state index contributed by atoms with van der Waals surface area (Å²) in [4.78, 5) is 2.01. The smallest absolute Gasteiger partial charge is 0.129 e. The SMILES string of the molecule is N#Cc1ccc(CN2CC[C@H](O)C2)c(F)c1. The lowest BCUT2D eigenvalue weighted by Crippen LogP contribution is -2.22. The number of aliphatic hydroxyl groups excluding tert-OH is 1. The number of β-amino-alcohol motifs (C(OH)–C–C–N with tert-alkyl or cyclic N) is 1. The van der Waals surface area contributed by atoms with Gasteiger partial charge in [-0.05, 0) is 18.6 Å². The van der Waals surface area contributed by atoms with Crippen molar-refractivity contribution in [3.8, 4) is 6.07 Å². The normalized spacial score (nSPS) is 20.9. The highest BCUT2D eigenvalue weighted by molar-refractivity contribution is 5.32. The van der Waals surface area contributed by atoms with Crippen molar-refractivity contribution in [1.29, 1.82) is 5.26 Å². The second-order valence-corrected chi connectivity index (χ2v) is 4.10. The summed E-state index contributed by atoms with van der Waals surface area (Å²) >= 11 is 0. The van der Waals surface area contributed by atoms with Gasteiger partial charge in [0.1, 0.15) is 5.82 Å². The summed E-state index contributed by atoms with van der Waals surface area (Å²) in [5.41, 5.74) is 0.913. The Morgan fingerprint density at radius 1 is 1.56 bits per heavy atom. The zero-order chi connectivity index (χ0) is 11.5. The van der Waals surface area contributed by atoms with Gasteiger partial charge in [0.25, 0.3) is 0 Å². The molecule has 0 aromatic heterocycles. The average molecular weight is 220 g/mol. The van der Waals surface area contributed by atoms with E-state index in [0.29, 0.717) is 24.2 Å². The predicted octanol–water partition coefficient (Wildman–Crippen LogP) is 1.26. The van der Waals surface area contributed by atoms with Crippen LogP contribution in [0.1, 0.15) is 17.5 Å². The molecule has 1 aliphatic heterocycles. The third kappa shape index (κ3) is 2.38. The number of aliphatic hydroxyl groups is 1. The molecule has 0 bridgehead atoms. The summed E-state index contributed by atoms with van der Waals surface area (Å²) < 4.78 is 13.5. The molecule has 1 aliphatic rings. The first-order valence-electron chi connectivity index (χ1n) is 5.28. The Kier molecular flexibility index (Phi) is 3.18. The van der Waals surface area contributed by atoms with E-state index in [1.165, 1.54) is 6.07 Å². The third-order valence-corrected chi connectivity index (χ3v) is 2.82. The van der Waals surface area contributed by atoms with Crippen molar-refractivity contribution in [3.63, 3.8) is 0 Å². The van der Waals surface area contributed by atoms with E-state index in [-0.39, 0.29) is 11.9 Å². The molecule has 0 aliphatic carbocycles. The van der Waals surface area contributed by atoms with Crippen LogP contribution in [0.2, 0.25) is 0 Å². The molecule has 0 spiro atoms. The van der Waals surface area contributed by atoms with Crippen molar-refractivity contribution >= 4 is 0 Å². The van der Waals surface area contributed by atoms with E-state index in [0.717, 1.165) is 13.0 Å². The van der Waals surface area contributed by atoms with Gasteiger partial charge in [-0.2, -0.15) is 5.26 Å². The Morgan fingerprint density at radius 2 is 2.38 bits per heavy atom. The van der Waals surface area contributed by atoms with Gasteiger partial charge in [-0.15, -0.1) is 0 Å². The monoisotopic (exact) mass is 220 g/mol. The number of likely N-dealkylation sites (tertiary alicyclic amines) is 1. The van der Waals surface area contributed by atoms with Gasteiger partial charge in [-0.25, -0.2) is 4.39 Å². The molecule has 1 aromatic rings. The van der Waals surface area contributed by atoms with Crippen LogP contribution in [0.25, 0.3) is 0 Å². The Balaban J connectivity index is 2.08. The molecule has 0 radical (unpaired) electrons. The molecule has 0 unspecified atom stereocenters. The summed E-state index contributed by atoms with van der Waals surface area (Å²) in [7, 11) is 0. The summed E-state index contributed by atoms with van der Waals surface area (Å²) in [6, 6.07) is 6.41. The van der Waals surface area contributed by atoms with Crippen LogP contribution in [0.4, 0.5) is 4.39 Å². The maximum Gasteiger partial charge on any atom is 0.129 e. The van der Waals surface area contributed by atoms with Crippen molar-refractivity contribution in [2.45, 2.75) is 19.1 Å². The lowest BCUT2D eigenvalue weighted by Gasteiger charge is -2.15. The molecular formula is C12H13FN2O. The second-order valence-electron chi connectivity index (χ2n) is 4.10. The molecule has 0 saturated carbocycles. The van der Waals surface area contributed by atoms with E-state index >= 15 is 0 Å². The summed E-state index contributed by atoms with van der Waals surface area (Å²) in [5, 5.41) is 18.0. The van der Waals surface area contributed by atoms with Crippen LogP contribution in [-0.2, 0) is 6.54 Å². The van der Waals surface area contributed by atoms with Gasteiger partial charge in [0.2, 0.25) is 0 Å². The molecule has 1 saturated heterocycles. The minimum Gasteiger partial charge on any atom is -0.392 e. The molecule has 16 heavy (non-hydrogen) atoms. The number of nitrogens with zero attached hydrogens (tertiary/aromatic N) is 2. The highest BCUT2D eigenvalue weighted by Gasteiger charge is 2.20. The summed E-state index contributed by atoms with van der Waals surface area (Å²) in [6.45, 7) is 1.88. The highest BCUT2D eigenvalue weighted by atomic mass is 19.1. The molecule has 1 fully saturated rings. The molecule has 1 heterocycles. The van der Waals surface area contributed by atoms with Crippen LogP contribution in [0.3, 0.4) is 0 Å². The van der Waals surface area contributed by atoms with E-state index in [1.54, 1.807) is 12.1 Å². The molecule has 1 atom stereocenters. The van der Waals surface area contributed by atoms with Gasteiger partial charge in [0.05, 0.1) is 17.7 Å². The van der Waals surface area contributed by atoms with E-state index in [9.17, 15) is 9.50 Å². The van der Waals surface area contributed by atoms with Crippen molar-refractivity contribution in [3.05, 3.63) is 35.1 Å². The summed E-state index contributed by atoms with van der Waals surface area (Å²) in [5.74, 6) is -0.347. The van der Waals surface area contributed by atoms with Crippen molar-refractivity contribution in [1.82, 2.24) is 4.90 Å². The van der Waals surface area contributed by atoms with E-state index in [4.69, 9.17) is 5.26 Å². The quantitative estimate of drug-likeness (QED) is 0.816. The zero-order valence-corrected chi connectivity index (χ0v) is 8.86. The number of nitriles is 1. The predicted molar refractivity (Wildman–Crippen MR) is 57.0 cm³/mol. The van der Waals surface area contributed by atoms with Crippen molar-refractivity contribution < 1.29 is 9.50 Å². The maximum atomic E-state index is 13.5. The van der Waals surface area contributed by atoms with E-state index < -0.39 is 0 Å². The van der Waals surface area contributed by atoms with E-state index in [2.05, 4.69) is 0 Å². The maximum absolute atomic E-state index is 13.5. The molecule has 3 nitrogen and oxygen atoms in total. The molecule has 1 aromatic carbocycles. The topological polar surface area (TPSA) is 47.3 Å². The van der Waals surface area contributed by atoms with Gasteiger partial charge in [0, 0.05) is 25.2 Å². The van der Waals surface area contributed by atoms with Gasteiger partial charge < -0.3 is 5.11 Å². The number of rotatable bonds is 2. The summed E-state index contributed by atoms with van der Waals surface area (Å²) in [6.07, 6.45) is 0.458. The fourth-order valence-electron chi connectivity index (χ4n) is 1.94. The number of hydrogen-bond donors (Lipinski definition) is 1. The molecule has 0 amide bonds. The van der Waals surface area contributed by atoms with Crippen LogP contribution in [0.15, 0.2) is 18.2 Å². The molecule has 84 valence electrons. The van der Waals surface area contributed by atoms with Gasteiger partial charge in [-0.1, -0.05) is 6.07 Å². The third-order valence-electron chi connectivity index (χ3n) is 2.82. The Bertz CT molecular complexity index is 428. The van der Waals surface area contributed by atoms with Crippen LogP contribution >= 0.6 is 0 Å². The van der Waals surface area contributed by atoms with Gasteiger partial charge in [-0.3, -0.25) is 4.90 Å². The Morgan fingerprint density at radius 3 is 2.94 bits per heavy atom. The van der Waals surface area contributed by atoms with Crippen molar-refractivity contribution in [2.75, 3.05) is 13.1 Å². The fourth-order valence-corrected chi connectivity index (χ4v) is 1.94. The zero-order valence-electron chi connectivity index (χ0n) is 8.86. The van der Waals surface area contributed by atoms with Crippen LogP contribution in [0.5, 0.6) is 0 Å². The molecule has 4 heteroatoms. The first kappa shape index (κ1) is 11.1. The van der Waals surface area contributed by atoms with E-state index in [1.807, 2.05) is 11.0 Å². The molecular weight excluding hydrogens is 207 g/mol. The number of hydrogen-bond acceptors (Lipinski definition) is 3. The molecule has 2 rings (SSSR count). The van der Waals surface area contributed by atoms with Crippen LogP contribution < -0.4 is 0 Å². The minimum absolute atomic E-state index is 0.290. The first-order chi connectivity index (χ1) is 7.69. The minimum atomic E-state index is -0.347. The number of halogens is 1. The van der Waals surface area contributed by atoms with Crippen LogP contribution in [0, 0.1) is 17.1 Å². The van der Waals surface area contributed by atoms with Gasteiger partial charge in [0.15, 0.2) is 0 Å². The number of benzene rings is 1. The lowest BCUT2D eigenvalue weighted by molar-refractivity contribution is 0.174. The Labute approximate surface area is 93.7 Å². The average Bonchev–Trinajstić information content (AvgIpc) is 2.67. The Hall–Kier alpha value is -1.44. The second kappa shape index (κ2) is 4.60. The standard InChI is InChI=1S/C12H13FN2O/c13-12-5-9(6-14)1-2-10(12)7-15-4-3-11(16)8-15/h1-2,5,11,16H,3-4,7-8H2/t11-/m0/s1. The van der Waals surface area contributed by atoms with Crippen LogP contribution in [-0.4, -0.2) is 29.2 Å². The van der Waals surface area contributed by atoms with Crippen molar-refractivity contribution in [2.24, 2.45) is 0 Å². The largest absolute Gasteiger partial charge is 0.392 e. The highest BCUT2D eigenvalue weighted by Crippen LogP contribution is 2.16. The molecule has 1 N–H and O–H groups in total. The lowest BCUT2D eigenvalue weighted by atomic mass is 10.1.